The molecule has 1 heterocycles. The Hall–Kier alpha value is -3.38. The van der Waals surface area contributed by atoms with Crippen molar-refractivity contribution in [1.29, 1.82) is 5.26 Å². The van der Waals surface area contributed by atoms with Gasteiger partial charge in [-0.1, -0.05) is 30.3 Å². The van der Waals surface area contributed by atoms with Crippen LogP contribution in [0, 0.1) is 23.2 Å². The van der Waals surface area contributed by atoms with Gasteiger partial charge in [-0.15, -0.1) is 0 Å². The van der Waals surface area contributed by atoms with Crippen molar-refractivity contribution < 1.29 is 27.9 Å². The smallest absolute Gasteiger partial charge is 0.379 e. The fourth-order valence-corrected chi connectivity index (χ4v) is 4.68. The summed E-state index contributed by atoms with van der Waals surface area (Å²) in [4.78, 5) is 27.6. The maximum Gasteiger partial charge on any atom is 0.417 e. The Morgan fingerprint density at radius 2 is 1.71 bits per heavy atom. The first kappa shape index (κ1) is 24.7. The van der Waals surface area contributed by atoms with Crippen LogP contribution in [0.3, 0.4) is 0 Å². The van der Waals surface area contributed by atoms with E-state index >= 15 is 0 Å². The van der Waals surface area contributed by atoms with Gasteiger partial charge >= 0.3 is 6.18 Å². The standard InChI is InChI=1S/C26H26F3N3O3/c27-26(28,29)22-14-21(9-8-19(22)16-30)31-24(34)25(35,15-17-4-2-1-3-5-17)20-10-12-32(13-11-20)23(33)18-6-7-18/h1-5,8-9,14,18,20,35H,6-7,10-13,15H2,(H,31,34)/t25-/m1/s1. The van der Waals surface area contributed by atoms with Gasteiger partial charge in [0.1, 0.15) is 5.60 Å². The summed E-state index contributed by atoms with van der Waals surface area (Å²) in [5.41, 5.74) is -3.06. The molecule has 1 aliphatic heterocycles. The zero-order valence-corrected chi connectivity index (χ0v) is 19.0. The highest BCUT2D eigenvalue weighted by Gasteiger charge is 2.46. The lowest BCUT2D eigenvalue weighted by molar-refractivity contribution is -0.145. The highest BCUT2D eigenvalue weighted by Crippen LogP contribution is 2.37. The van der Waals surface area contributed by atoms with Crippen LogP contribution in [0.4, 0.5) is 18.9 Å². The van der Waals surface area contributed by atoms with Crippen LogP contribution in [0.2, 0.25) is 0 Å². The van der Waals surface area contributed by atoms with Crippen molar-refractivity contribution in [3.05, 3.63) is 65.2 Å². The molecule has 1 atom stereocenters. The third-order valence-electron chi connectivity index (χ3n) is 6.82. The highest BCUT2D eigenvalue weighted by atomic mass is 19.4. The van der Waals surface area contributed by atoms with Crippen molar-refractivity contribution in [2.24, 2.45) is 11.8 Å². The molecule has 2 N–H and O–H groups in total. The van der Waals surface area contributed by atoms with E-state index in [0.717, 1.165) is 18.9 Å². The Bertz CT molecular complexity index is 1130. The molecule has 4 rings (SSSR count). The van der Waals surface area contributed by atoms with Crippen molar-refractivity contribution in [2.75, 3.05) is 18.4 Å². The minimum absolute atomic E-state index is 0.0245. The molecule has 2 aliphatic rings. The van der Waals surface area contributed by atoms with E-state index in [2.05, 4.69) is 5.32 Å². The number of nitrogens with zero attached hydrogens (tertiary/aromatic N) is 2. The molecule has 2 aromatic carbocycles. The SMILES string of the molecule is N#Cc1ccc(NC(=O)[C@@](O)(Cc2ccccc2)C2CCN(C(=O)C3CC3)CC2)cc1C(F)(F)F. The molecule has 0 unspecified atom stereocenters. The van der Waals surface area contributed by atoms with Crippen LogP contribution in [0.5, 0.6) is 0 Å². The molecule has 1 saturated heterocycles. The summed E-state index contributed by atoms with van der Waals surface area (Å²) in [7, 11) is 0. The number of piperidine rings is 1. The molecule has 2 aromatic rings. The monoisotopic (exact) mass is 485 g/mol. The number of aliphatic hydroxyl groups is 1. The number of anilines is 1. The minimum atomic E-state index is -4.77. The Morgan fingerprint density at radius 1 is 1.06 bits per heavy atom. The van der Waals surface area contributed by atoms with E-state index in [9.17, 15) is 27.9 Å². The molecule has 0 bridgehead atoms. The van der Waals surface area contributed by atoms with E-state index < -0.39 is 34.7 Å². The number of amides is 2. The van der Waals surface area contributed by atoms with Crippen molar-refractivity contribution >= 4 is 17.5 Å². The van der Waals surface area contributed by atoms with Gasteiger partial charge in [0.25, 0.3) is 5.91 Å². The maximum atomic E-state index is 13.4. The van der Waals surface area contributed by atoms with Crippen LogP contribution >= 0.6 is 0 Å². The Labute approximate surface area is 201 Å². The van der Waals surface area contributed by atoms with Crippen LogP contribution in [0.15, 0.2) is 48.5 Å². The lowest BCUT2D eigenvalue weighted by Crippen LogP contribution is -2.54. The summed E-state index contributed by atoms with van der Waals surface area (Å²) in [5.74, 6) is -1.12. The fraction of sp³-hybridized carbons (Fsp3) is 0.423. The summed E-state index contributed by atoms with van der Waals surface area (Å²) in [6.45, 7) is 0.832. The predicted molar refractivity (Wildman–Crippen MR) is 122 cm³/mol. The van der Waals surface area contributed by atoms with Crippen molar-refractivity contribution in [3.63, 3.8) is 0 Å². The second-order valence-electron chi connectivity index (χ2n) is 9.28. The molecule has 0 aromatic heterocycles. The fourth-order valence-electron chi connectivity index (χ4n) is 4.68. The van der Waals surface area contributed by atoms with Crippen LogP contribution in [-0.4, -0.2) is 40.5 Å². The van der Waals surface area contributed by atoms with Gasteiger partial charge in [-0.2, -0.15) is 18.4 Å². The molecule has 35 heavy (non-hydrogen) atoms. The third kappa shape index (κ3) is 5.49. The van der Waals surface area contributed by atoms with E-state index in [0.29, 0.717) is 37.6 Å². The van der Waals surface area contributed by atoms with E-state index in [1.165, 1.54) is 12.1 Å². The summed E-state index contributed by atoms with van der Waals surface area (Å²) >= 11 is 0. The zero-order valence-electron chi connectivity index (χ0n) is 19.0. The molecule has 6 nitrogen and oxygen atoms in total. The average Bonchev–Trinajstić information content (AvgIpc) is 3.69. The van der Waals surface area contributed by atoms with Gasteiger partial charge in [-0.25, -0.2) is 0 Å². The van der Waals surface area contributed by atoms with Crippen molar-refractivity contribution in [3.8, 4) is 6.07 Å². The Balaban J connectivity index is 1.57. The number of carbonyl (C=O) groups is 2. The lowest BCUT2D eigenvalue weighted by atomic mass is 9.76. The number of rotatable bonds is 6. The second-order valence-corrected chi connectivity index (χ2v) is 9.28. The molecule has 2 amide bonds. The average molecular weight is 486 g/mol. The largest absolute Gasteiger partial charge is 0.417 e. The number of alkyl halides is 3. The molecule has 9 heteroatoms. The van der Waals surface area contributed by atoms with Crippen molar-refractivity contribution in [1.82, 2.24) is 4.90 Å². The predicted octanol–water partition coefficient (Wildman–Crippen LogP) is 4.14. The molecular weight excluding hydrogens is 459 g/mol. The summed E-state index contributed by atoms with van der Waals surface area (Å²) in [5, 5.41) is 23.2. The maximum absolute atomic E-state index is 13.4. The lowest BCUT2D eigenvalue weighted by Gasteiger charge is -2.40. The summed E-state index contributed by atoms with van der Waals surface area (Å²) in [6, 6.07) is 13.3. The van der Waals surface area contributed by atoms with E-state index in [1.54, 1.807) is 35.2 Å². The molecule has 1 aliphatic carbocycles. The van der Waals surface area contributed by atoms with Gasteiger partial charge < -0.3 is 15.3 Å². The third-order valence-corrected chi connectivity index (χ3v) is 6.82. The molecular formula is C26H26F3N3O3. The van der Waals surface area contributed by atoms with Crippen LogP contribution in [0.25, 0.3) is 0 Å². The first-order valence-corrected chi connectivity index (χ1v) is 11.6. The molecule has 1 saturated carbocycles. The molecule has 0 radical (unpaired) electrons. The number of halogens is 3. The van der Waals surface area contributed by atoms with Crippen LogP contribution in [-0.2, 0) is 22.2 Å². The van der Waals surface area contributed by atoms with Crippen LogP contribution in [0.1, 0.15) is 42.4 Å². The number of carbonyl (C=O) groups excluding carboxylic acids is 2. The van der Waals surface area contributed by atoms with Gasteiger partial charge in [0.15, 0.2) is 0 Å². The Kier molecular flexibility index (Phi) is 6.86. The van der Waals surface area contributed by atoms with E-state index in [1.807, 2.05) is 0 Å². The highest BCUT2D eigenvalue weighted by molar-refractivity contribution is 5.97. The topological polar surface area (TPSA) is 93.4 Å². The van der Waals surface area contributed by atoms with Gasteiger partial charge in [0.05, 0.1) is 17.2 Å². The molecule has 0 spiro atoms. The zero-order chi connectivity index (χ0) is 25.2. The minimum Gasteiger partial charge on any atom is -0.379 e. The van der Waals surface area contributed by atoms with Gasteiger partial charge in [0, 0.05) is 37.0 Å². The second kappa shape index (κ2) is 9.70. The van der Waals surface area contributed by atoms with Gasteiger partial charge in [0.2, 0.25) is 5.91 Å². The van der Waals surface area contributed by atoms with Gasteiger partial charge in [-0.05, 0) is 49.4 Å². The first-order valence-electron chi connectivity index (χ1n) is 11.6. The normalized spacial score (nSPS) is 18.4. The van der Waals surface area contributed by atoms with E-state index in [4.69, 9.17) is 5.26 Å². The number of likely N-dealkylation sites (tertiary alicyclic amines) is 1. The Morgan fingerprint density at radius 3 is 2.29 bits per heavy atom. The summed E-state index contributed by atoms with van der Waals surface area (Å²) in [6.07, 6.45) is -2.21. The van der Waals surface area contributed by atoms with Gasteiger partial charge in [-0.3, -0.25) is 9.59 Å². The first-order chi connectivity index (χ1) is 16.6. The van der Waals surface area contributed by atoms with Crippen LogP contribution < -0.4 is 5.32 Å². The number of hydrogen-bond donors (Lipinski definition) is 2. The molecule has 184 valence electrons. The summed E-state index contributed by atoms with van der Waals surface area (Å²) < 4.78 is 40.1. The number of nitrogens with one attached hydrogen (secondary N) is 1. The number of hydrogen-bond acceptors (Lipinski definition) is 4. The van der Waals surface area contributed by atoms with E-state index in [-0.39, 0.29) is 23.9 Å². The number of benzene rings is 2. The number of nitriles is 1. The molecule has 2 fully saturated rings. The van der Waals surface area contributed by atoms with Crippen molar-refractivity contribution in [2.45, 2.75) is 43.9 Å². The quantitative estimate of drug-likeness (QED) is 0.643.